The van der Waals surface area contributed by atoms with E-state index < -0.39 is 0 Å². The van der Waals surface area contributed by atoms with Crippen molar-refractivity contribution in [2.24, 2.45) is 5.10 Å². The molecule has 0 aliphatic carbocycles. The average molecular weight is 339 g/mol. The van der Waals surface area contributed by atoms with Gasteiger partial charge in [-0.3, -0.25) is 4.79 Å². The first kappa shape index (κ1) is 17.0. The highest BCUT2D eigenvalue weighted by molar-refractivity contribution is 5.97. The van der Waals surface area contributed by atoms with Gasteiger partial charge in [-0.15, -0.1) is 0 Å². The maximum Gasteiger partial charge on any atom is 0.275 e. The Kier molecular flexibility index (Phi) is 5.64. The van der Waals surface area contributed by atoms with Gasteiger partial charge in [0.25, 0.3) is 5.91 Å². The molecule has 0 aromatic heterocycles. The molecule has 0 unspecified atom stereocenters. The van der Waals surface area contributed by atoms with Crippen molar-refractivity contribution >= 4 is 17.8 Å². The van der Waals surface area contributed by atoms with Crippen LogP contribution in [-0.2, 0) is 4.74 Å². The molecule has 3 rings (SSSR count). The highest BCUT2D eigenvalue weighted by atomic mass is 16.5. The molecule has 0 bridgehead atoms. The smallest absolute Gasteiger partial charge is 0.275 e. The minimum Gasteiger partial charge on any atom is -0.496 e. The van der Waals surface area contributed by atoms with Crippen LogP contribution >= 0.6 is 0 Å². The highest BCUT2D eigenvalue weighted by Crippen LogP contribution is 2.17. The van der Waals surface area contributed by atoms with Gasteiger partial charge in [0.1, 0.15) is 5.75 Å². The lowest BCUT2D eigenvalue weighted by molar-refractivity contribution is 0.0952. The van der Waals surface area contributed by atoms with E-state index in [-0.39, 0.29) is 5.91 Å². The number of hydrogen-bond donors (Lipinski definition) is 1. The summed E-state index contributed by atoms with van der Waals surface area (Å²) < 4.78 is 10.5. The van der Waals surface area contributed by atoms with Crippen LogP contribution in [0.5, 0.6) is 5.75 Å². The number of hydrazone groups is 1. The average Bonchev–Trinajstić information content (AvgIpc) is 2.69. The Morgan fingerprint density at radius 1 is 1.16 bits per heavy atom. The molecule has 6 nitrogen and oxygen atoms in total. The quantitative estimate of drug-likeness (QED) is 0.671. The van der Waals surface area contributed by atoms with Crippen LogP contribution in [0.25, 0.3) is 0 Å². The number of anilines is 1. The van der Waals surface area contributed by atoms with E-state index >= 15 is 0 Å². The number of para-hydroxylation sites is 1. The summed E-state index contributed by atoms with van der Waals surface area (Å²) in [4.78, 5) is 14.4. The Morgan fingerprint density at radius 2 is 1.88 bits per heavy atom. The van der Waals surface area contributed by atoms with Gasteiger partial charge in [0.2, 0.25) is 0 Å². The van der Waals surface area contributed by atoms with Crippen LogP contribution in [-0.4, -0.2) is 45.5 Å². The van der Waals surface area contributed by atoms with Crippen molar-refractivity contribution in [3.8, 4) is 5.75 Å². The van der Waals surface area contributed by atoms with Gasteiger partial charge in [0.15, 0.2) is 0 Å². The molecule has 2 aromatic rings. The first-order chi connectivity index (χ1) is 12.3. The largest absolute Gasteiger partial charge is 0.496 e. The molecule has 0 radical (unpaired) electrons. The molecule has 2 aromatic carbocycles. The molecule has 1 fully saturated rings. The lowest BCUT2D eigenvalue weighted by Crippen LogP contribution is -2.36. The predicted molar refractivity (Wildman–Crippen MR) is 97.5 cm³/mol. The summed E-state index contributed by atoms with van der Waals surface area (Å²) in [6.07, 6.45) is 1.62. The monoisotopic (exact) mass is 339 g/mol. The second-order valence-corrected chi connectivity index (χ2v) is 5.59. The van der Waals surface area contributed by atoms with Crippen molar-refractivity contribution < 1.29 is 14.3 Å². The zero-order valence-electron chi connectivity index (χ0n) is 14.1. The summed E-state index contributed by atoms with van der Waals surface area (Å²) in [5.74, 6) is 0.212. The highest BCUT2D eigenvalue weighted by Gasteiger charge is 2.11. The molecule has 0 atom stereocenters. The summed E-state index contributed by atoms with van der Waals surface area (Å²) in [5.41, 5.74) is 5.05. The summed E-state index contributed by atoms with van der Waals surface area (Å²) in [6.45, 7) is 3.33. The number of nitrogens with one attached hydrogen (secondary N) is 1. The van der Waals surface area contributed by atoms with Gasteiger partial charge >= 0.3 is 0 Å². The zero-order valence-corrected chi connectivity index (χ0v) is 14.1. The van der Waals surface area contributed by atoms with Crippen molar-refractivity contribution in [1.29, 1.82) is 0 Å². The summed E-state index contributed by atoms with van der Waals surface area (Å²) in [7, 11) is 1.53. The number of ether oxygens (including phenoxy) is 2. The molecule has 1 aliphatic rings. The molecule has 6 heteroatoms. The minimum atomic E-state index is -0.307. The number of nitrogens with zero attached hydrogens (tertiary/aromatic N) is 2. The van der Waals surface area contributed by atoms with Crippen LogP contribution in [0.3, 0.4) is 0 Å². The maximum atomic E-state index is 12.2. The van der Waals surface area contributed by atoms with Crippen LogP contribution < -0.4 is 15.1 Å². The Labute approximate surface area is 147 Å². The number of benzene rings is 2. The van der Waals surface area contributed by atoms with Crippen molar-refractivity contribution in [2.45, 2.75) is 0 Å². The van der Waals surface area contributed by atoms with E-state index in [9.17, 15) is 4.79 Å². The third kappa shape index (κ3) is 4.36. The first-order valence-electron chi connectivity index (χ1n) is 8.17. The Bertz CT molecular complexity index is 738. The fraction of sp³-hybridized carbons (Fsp3) is 0.263. The van der Waals surface area contributed by atoms with E-state index in [0.29, 0.717) is 11.3 Å². The van der Waals surface area contributed by atoms with Crippen LogP contribution in [0.2, 0.25) is 0 Å². The number of morpholine rings is 1. The lowest BCUT2D eigenvalue weighted by atomic mass is 10.2. The Morgan fingerprint density at radius 3 is 2.60 bits per heavy atom. The van der Waals surface area contributed by atoms with E-state index in [4.69, 9.17) is 9.47 Å². The molecular weight excluding hydrogens is 318 g/mol. The molecule has 0 spiro atoms. The van der Waals surface area contributed by atoms with Gasteiger partial charge in [0, 0.05) is 18.8 Å². The van der Waals surface area contributed by atoms with E-state index in [1.54, 1.807) is 24.4 Å². The zero-order chi connectivity index (χ0) is 17.5. The summed E-state index contributed by atoms with van der Waals surface area (Å²) in [6, 6.07) is 15.1. The lowest BCUT2D eigenvalue weighted by Gasteiger charge is -2.28. The van der Waals surface area contributed by atoms with E-state index in [1.165, 1.54) is 12.8 Å². The third-order valence-corrected chi connectivity index (χ3v) is 4.00. The first-order valence-corrected chi connectivity index (χ1v) is 8.17. The summed E-state index contributed by atoms with van der Waals surface area (Å²) >= 11 is 0. The number of rotatable bonds is 5. The fourth-order valence-electron chi connectivity index (χ4n) is 2.65. The van der Waals surface area contributed by atoms with E-state index in [2.05, 4.69) is 27.6 Å². The molecule has 0 saturated carbocycles. The second-order valence-electron chi connectivity index (χ2n) is 5.59. The van der Waals surface area contributed by atoms with Crippen molar-refractivity contribution in [1.82, 2.24) is 5.43 Å². The van der Waals surface area contributed by atoms with Gasteiger partial charge in [-0.1, -0.05) is 24.3 Å². The molecule has 1 aliphatic heterocycles. The van der Waals surface area contributed by atoms with Crippen LogP contribution in [0.15, 0.2) is 53.6 Å². The van der Waals surface area contributed by atoms with Gasteiger partial charge in [0.05, 0.1) is 32.1 Å². The molecule has 1 saturated heterocycles. The number of hydrogen-bond acceptors (Lipinski definition) is 5. The molecule has 130 valence electrons. The van der Waals surface area contributed by atoms with Crippen LogP contribution in [0.4, 0.5) is 5.69 Å². The molecular formula is C19H21N3O3. The topological polar surface area (TPSA) is 63.2 Å². The molecule has 1 heterocycles. The normalized spacial score (nSPS) is 14.5. The SMILES string of the molecule is COc1ccccc1C(=O)N/N=C\c1ccc(N2CCOCC2)cc1. The van der Waals surface area contributed by atoms with E-state index in [1.807, 2.05) is 18.2 Å². The van der Waals surface area contributed by atoms with Crippen molar-refractivity contribution in [3.63, 3.8) is 0 Å². The Balaban J connectivity index is 1.59. The van der Waals surface area contributed by atoms with Crippen molar-refractivity contribution in [2.75, 3.05) is 38.3 Å². The van der Waals surface area contributed by atoms with Crippen molar-refractivity contribution in [3.05, 3.63) is 59.7 Å². The number of carbonyl (C=O) groups is 1. The maximum absolute atomic E-state index is 12.2. The molecule has 25 heavy (non-hydrogen) atoms. The third-order valence-electron chi connectivity index (χ3n) is 4.00. The molecule has 1 amide bonds. The van der Waals surface area contributed by atoms with Crippen LogP contribution in [0, 0.1) is 0 Å². The van der Waals surface area contributed by atoms with Gasteiger partial charge in [-0.25, -0.2) is 5.43 Å². The van der Waals surface area contributed by atoms with Crippen LogP contribution in [0.1, 0.15) is 15.9 Å². The van der Waals surface area contributed by atoms with E-state index in [0.717, 1.165) is 31.9 Å². The van der Waals surface area contributed by atoms with Gasteiger partial charge < -0.3 is 14.4 Å². The number of methoxy groups -OCH3 is 1. The minimum absolute atomic E-state index is 0.307. The number of carbonyl (C=O) groups excluding carboxylic acids is 1. The molecule has 1 N–H and O–H groups in total. The van der Waals surface area contributed by atoms with Gasteiger partial charge in [-0.2, -0.15) is 5.10 Å². The Hall–Kier alpha value is -2.86. The standard InChI is InChI=1S/C19H21N3O3/c1-24-18-5-3-2-4-17(18)19(23)21-20-14-15-6-8-16(9-7-15)22-10-12-25-13-11-22/h2-9,14H,10-13H2,1H3,(H,21,23)/b20-14-. The second kappa shape index (κ2) is 8.30. The fourth-order valence-corrected chi connectivity index (χ4v) is 2.65. The van der Waals surface area contributed by atoms with Gasteiger partial charge in [-0.05, 0) is 29.8 Å². The summed E-state index contributed by atoms with van der Waals surface area (Å²) in [5, 5.41) is 4.02. The number of amides is 1. The predicted octanol–water partition coefficient (Wildman–Crippen LogP) is 2.30.